The minimum absolute atomic E-state index is 0.0362. The first-order chi connectivity index (χ1) is 10.3. The summed E-state index contributed by atoms with van der Waals surface area (Å²) in [6.45, 7) is 0. The molecule has 0 bridgehead atoms. The zero-order valence-electron chi connectivity index (χ0n) is 12.0. The number of rotatable bonds is 3. The van der Waals surface area contributed by atoms with Crippen molar-refractivity contribution in [3.8, 4) is 5.88 Å². The first-order valence-electron chi connectivity index (χ1n) is 7.16. The van der Waals surface area contributed by atoms with E-state index in [0.29, 0.717) is 11.6 Å². The van der Waals surface area contributed by atoms with Crippen LogP contribution in [0, 0.1) is 0 Å². The third kappa shape index (κ3) is 2.89. The predicted octanol–water partition coefficient (Wildman–Crippen LogP) is 3.15. The van der Waals surface area contributed by atoms with E-state index in [2.05, 4.69) is 22.4 Å². The third-order valence-electron chi connectivity index (χ3n) is 3.90. The zero-order chi connectivity index (χ0) is 14.7. The lowest BCUT2D eigenvalue weighted by Crippen LogP contribution is -2.24. The van der Waals surface area contributed by atoms with Crippen molar-refractivity contribution in [2.24, 2.45) is 0 Å². The van der Waals surface area contributed by atoms with E-state index < -0.39 is 0 Å². The van der Waals surface area contributed by atoms with Crippen LogP contribution < -0.4 is 10.1 Å². The van der Waals surface area contributed by atoms with Crippen molar-refractivity contribution in [3.63, 3.8) is 0 Å². The second kappa shape index (κ2) is 5.95. The van der Waals surface area contributed by atoms with Crippen molar-refractivity contribution in [1.82, 2.24) is 4.98 Å². The normalized spacial score (nSPS) is 16.9. The molecular weight excluding hydrogens is 264 g/mol. The van der Waals surface area contributed by atoms with Crippen LogP contribution in [0.15, 0.2) is 42.6 Å². The van der Waals surface area contributed by atoms with E-state index in [1.165, 1.54) is 5.56 Å². The lowest BCUT2D eigenvalue weighted by atomic mass is 9.82. The van der Waals surface area contributed by atoms with Gasteiger partial charge in [0.05, 0.1) is 24.9 Å². The number of anilines is 1. The average Bonchev–Trinajstić information content (AvgIpc) is 2.55. The molecule has 1 aliphatic carbocycles. The maximum atomic E-state index is 12.5. The molecule has 0 saturated heterocycles. The van der Waals surface area contributed by atoms with E-state index in [1.807, 2.05) is 12.1 Å². The summed E-state index contributed by atoms with van der Waals surface area (Å²) in [5.74, 6) is 0.502. The molecule has 1 unspecified atom stereocenters. The number of fused-ring (bicyclic) bond motifs is 1. The molecular formula is C17H18N2O2. The van der Waals surface area contributed by atoms with Crippen LogP contribution in [0.4, 0.5) is 5.69 Å². The van der Waals surface area contributed by atoms with Crippen LogP contribution in [0.2, 0.25) is 0 Å². The van der Waals surface area contributed by atoms with Crippen LogP contribution in [-0.4, -0.2) is 18.0 Å². The van der Waals surface area contributed by atoms with Crippen LogP contribution in [0.3, 0.4) is 0 Å². The molecule has 1 N–H and O–H groups in total. The summed E-state index contributed by atoms with van der Waals surface area (Å²) < 4.78 is 5.01. The maximum absolute atomic E-state index is 12.5. The number of carbonyl (C=O) groups excluding carboxylic acids is 1. The van der Waals surface area contributed by atoms with Gasteiger partial charge < -0.3 is 10.1 Å². The Bertz CT molecular complexity index is 637. The lowest BCUT2D eigenvalue weighted by Gasteiger charge is -2.24. The number of carbonyl (C=O) groups is 1. The number of benzene rings is 1. The van der Waals surface area contributed by atoms with Gasteiger partial charge in [0.2, 0.25) is 11.8 Å². The summed E-state index contributed by atoms with van der Waals surface area (Å²) in [7, 11) is 1.57. The fourth-order valence-corrected chi connectivity index (χ4v) is 2.83. The smallest absolute Gasteiger partial charge is 0.231 e. The number of amides is 1. The van der Waals surface area contributed by atoms with Gasteiger partial charge in [-0.1, -0.05) is 24.3 Å². The molecule has 0 radical (unpaired) electrons. The third-order valence-corrected chi connectivity index (χ3v) is 3.90. The number of hydrogen-bond acceptors (Lipinski definition) is 3. The van der Waals surface area contributed by atoms with Crippen LogP contribution >= 0.6 is 0 Å². The minimum Gasteiger partial charge on any atom is -0.481 e. The van der Waals surface area contributed by atoms with E-state index in [9.17, 15) is 4.79 Å². The van der Waals surface area contributed by atoms with Crippen molar-refractivity contribution in [1.29, 1.82) is 0 Å². The molecule has 0 spiro atoms. The van der Waals surface area contributed by atoms with E-state index in [1.54, 1.807) is 25.4 Å². The lowest BCUT2D eigenvalue weighted by molar-refractivity contribution is -0.117. The SMILES string of the molecule is COc1ccc(NC(=O)C2CCCc3ccccc32)cn1. The predicted molar refractivity (Wildman–Crippen MR) is 81.5 cm³/mol. The Balaban J connectivity index is 1.76. The molecule has 1 heterocycles. The molecule has 2 aromatic rings. The van der Waals surface area contributed by atoms with Gasteiger partial charge in [0.1, 0.15) is 0 Å². The summed E-state index contributed by atoms with van der Waals surface area (Å²) in [5.41, 5.74) is 3.14. The Hall–Kier alpha value is -2.36. The summed E-state index contributed by atoms with van der Waals surface area (Å²) in [5, 5.41) is 2.95. The van der Waals surface area contributed by atoms with Gasteiger partial charge in [-0.25, -0.2) is 4.98 Å². The summed E-state index contributed by atoms with van der Waals surface area (Å²) in [4.78, 5) is 16.6. The fourth-order valence-electron chi connectivity index (χ4n) is 2.83. The summed E-state index contributed by atoms with van der Waals surface area (Å²) in [6.07, 6.45) is 4.62. The van der Waals surface area contributed by atoms with E-state index in [-0.39, 0.29) is 11.8 Å². The number of methoxy groups -OCH3 is 1. The fraction of sp³-hybridized carbons (Fsp3) is 0.294. The molecule has 21 heavy (non-hydrogen) atoms. The van der Waals surface area contributed by atoms with Gasteiger partial charge in [0.15, 0.2) is 0 Å². The molecule has 3 rings (SSSR count). The number of ether oxygens (including phenoxy) is 1. The van der Waals surface area contributed by atoms with Crippen LogP contribution in [0.1, 0.15) is 29.9 Å². The first-order valence-corrected chi connectivity index (χ1v) is 7.16. The molecule has 1 aliphatic rings. The monoisotopic (exact) mass is 282 g/mol. The zero-order valence-corrected chi connectivity index (χ0v) is 12.0. The molecule has 0 aliphatic heterocycles. The van der Waals surface area contributed by atoms with Crippen molar-refractivity contribution in [3.05, 3.63) is 53.7 Å². The number of aryl methyl sites for hydroxylation is 1. The van der Waals surface area contributed by atoms with Gasteiger partial charge in [-0.2, -0.15) is 0 Å². The van der Waals surface area contributed by atoms with Crippen molar-refractivity contribution >= 4 is 11.6 Å². The van der Waals surface area contributed by atoms with Crippen LogP contribution in [-0.2, 0) is 11.2 Å². The van der Waals surface area contributed by atoms with Crippen LogP contribution in [0.25, 0.3) is 0 Å². The van der Waals surface area contributed by atoms with Crippen molar-refractivity contribution < 1.29 is 9.53 Å². The van der Waals surface area contributed by atoms with E-state index in [4.69, 9.17) is 4.74 Å². The number of nitrogens with one attached hydrogen (secondary N) is 1. The molecule has 4 heteroatoms. The molecule has 0 saturated carbocycles. The molecule has 0 fully saturated rings. The molecule has 108 valence electrons. The molecule has 1 amide bonds. The second-order valence-corrected chi connectivity index (χ2v) is 5.22. The molecule has 1 aromatic heterocycles. The Morgan fingerprint density at radius 1 is 1.29 bits per heavy atom. The van der Waals surface area contributed by atoms with Gasteiger partial charge >= 0.3 is 0 Å². The Morgan fingerprint density at radius 3 is 2.90 bits per heavy atom. The first kappa shape index (κ1) is 13.6. The van der Waals surface area contributed by atoms with E-state index in [0.717, 1.165) is 24.8 Å². The van der Waals surface area contributed by atoms with Gasteiger partial charge in [0, 0.05) is 6.07 Å². The van der Waals surface area contributed by atoms with Crippen molar-refractivity contribution in [2.75, 3.05) is 12.4 Å². The standard InChI is InChI=1S/C17H18N2O2/c1-21-16-10-9-13(11-18-16)19-17(20)15-8-4-6-12-5-2-3-7-14(12)15/h2-3,5,7,9-11,15H,4,6,8H2,1H3,(H,19,20). The molecule has 1 atom stereocenters. The minimum atomic E-state index is -0.0722. The number of nitrogens with zero attached hydrogens (tertiary/aromatic N) is 1. The Morgan fingerprint density at radius 2 is 2.14 bits per heavy atom. The Labute approximate surface area is 124 Å². The highest BCUT2D eigenvalue weighted by atomic mass is 16.5. The quantitative estimate of drug-likeness (QED) is 0.941. The van der Waals surface area contributed by atoms with Gasteiger partial charge in [0.25, 0.3) is 0 Å². The summed E-state index contributed by atoms with van der Waals surface area (Å²) in [6, 6.07) is 11.8. The Kier molecular flexibility index (Phi) is 3.86. The van der Waals surface area contributed by atoms with Crippen molar-refractivity contribution in [2.45, 2.75) is 25.2 Å². The van der Waals surface area contributed by atoms with Gasteiger partial charge in [-0.3, -0.25) is 4.79 Å². The summed E-state index contributed by atoms with van der Waals surface area (Å²) >= 11 is 0. The topological polar surface area (TPSA) is 51.2 Å². The number of hydrogen-bond donors (Lipinski definition) is 1. The van der Waals surface area contributed by atoms with Crippen LogP contribution in [0.5, 0.6) is 5.88 Å². The van der Waals surface area contributed by atoms with E-state index >= 15 is 0 Å². The highest BCUT2D eigenvalue weighted by Gasteiger charge is 2.26. The average molecular weight is 282 g/mol. The molecule has 4 nitrogen and oxygen atoms in total. The maximum Gasteiger partial charge on any atom is 0.231 e. The second-order valence-electron chi connectivity index (χ2n) is 5.22. The van der Waals surface area contributed by atoms with Gasteiger partial charge in [-0.05, 0) is 36.5 Å². The number of aromatic nitrogens is 1. The molecule has 1 aromatic carbocycles. The highest BCUT2D eigenvalue weighted by molar-refractivity contribution is 5.96. The number of pyridine rings is 1. The largest absolute Gasteiger partial charge is 0.481 e. The highest BCUT2D eigenvalue weighted by Crippen LogP contribution is 2.32. The van der Waals surface area contributed by atoms with Gasteiger partial charge in [-0.15, -0.1) is 0 Å².